The van der Waals surface area contributed by atoms with Crippen LogP contribution in [0.5, 0.6) is 0 Å². The van der Waals surface area contributed by atoms with Gasteiger partial charge in [0.15, 0.2) is 6.04 Å². The summed E-state index contributed by atoms with van der Waals surface area (Å²) in [6.07, 6.45) is 0.737. The van der Waals surface area contributed by atoms with E-state index < -0.39 is 24.6 Å². The van der Waals surface area contributed by atoms with Gasteiger partial charge in [0.1, 0.15) is 0 Å². The topological polar surface area (TPSA) is 99.1 Å². The number of hydrogen-bond acceptors (Lipinski definition) is 4. The molecule has 2 amide bonds. The minimum atomic E-state index is -1.27. The van der Waals surface area contributed by atoms with Gasteiger partial charge in [-0.1, -0.05) is 0 Å². The van der Waals surface area contributed by atoms with Gasteiger partial charge in [-0.05, 0) is 6.42 Å². The molecule has 92 valence electrons. The first kappa shape index (κ1) is 12.7. The van der Waals surface area contributed by atoms with E-state index in [-0.39, 0.29) is 6.04 Å². The van der Waals surface area contributed by atoms with Crippen LogP contribution in [0.4, 0.5) is 4.79 Å². The molecule has 0 aromatic rings. The molecule has 1 rings (SSSR count). The van der Waals surface area contributed by atoms with Crippen molar-refractivity contribution in [2.75, 3.05) is 26.9 Å². The van der Waals surface area contributed by atoms with E-state index in [1.807, 2.05) is 0 Å². The maximum Gasteiger partial charge on any atom is 0.328 e. The molecule has 2 unspecified atom stereocenters. The molecule has 1 saturated heterocycles. The van der Waals surface area contributed by atoms with E-state index >= 15 is 0 Å². The smallest absolute Gasteiger partial charge is 0.328 e. The molecule has 7 heteroatoms. The Hall–Kier alpha value is -1.34. The fourth-order valence-corrected chi connectivity index (χ4v) is 1.43. The van der Waals surface area contributed by atoms with Gasteiger partial charge in [0.05, 0.1) is 19.3 Å². The summed E-state index contributed by atoms with van der Waals surface area (Å²) in [5.74, 6) is -1.26. The van der Waals surface area contributed by atoms with E-state index in [4.69, 9.17) is 14.9 Å². The summed E-state index contributed by atoms with van der Waals surface area (Å²) in [4.78, 5) is 23.6. The zero-order valence-corrected chi connectivity index (χ0v) is 9.05. The minimum absolute atomic E-state index is 0.0341. The Balaban J connectivity index is 2.46. The molecule has 1 aliphatic heterocycles. The number of aliphatic hydroxyl groups is 1. The summed E-state index contributed by atoms with van der Waals surface area (Å²) in [7, 11) is 1.57. The monoisotopic (exact) mass is 232 g/mol. The van der Waals surface area contributed by atoms with E-state index in [0.29, 0.717) is 13.2 Å². The van der Waals surface area contributed by atoms with Crippen molar-refractivity contribution >= 4 is 12.0 Å². The van der Waals surface area contributed by atoms with Gasteiger partial charge in [-0.2, -0.15) is 0 Å². The summed E-state index contributed by atoms with van der Waals surface area (Å²) < 4.78 is 5.12. The number of rotatable bonds is 4. The highest BCUT2D eigenvalue weighted by molar-refractivity contribution is 5.82. The van der Waals surface area contributed by atoms with Crippen molar-refractivity contribution in [2.24, 2.45) is 0 Å². The molecule has 0 bridgehead atoms. The van der Waals surface area contributed by atoms with Crippen LogP contribution >= 0.6 is 0 Å². The van der Waals surface area contributed by atoms with Crippen molar-refractivity contribution in [2.45, 2.75) is 18.5 Å². The number of nitrogens with one attached hydrogen (secondary N) is 1. The molecule has 16 heavy (non-hydrogen) atoms. The molecule has 1 fully saturated rings. The lowest BCUT2D eigenvalue weighted by Crippen LogP contribution is -2.51. The summed E-state index contributed by atoms with van der Waals surface area (Å²) in [5, 5.41) is 19.6. The number of nitrogens with zero attached hydrogens (tertiary/aromatic N) is 1. The molecule has 7 nitrogen and oxygen atoms in total. The predicted octanol–water partition coefficient (Wildman–Crippen LogP) is -1.14. The standard InChI is InChI=1S/C9H16N2O5/c1-11(6-2-3-16-5-6)9(15)10-7(4-12)8(13)14/h6-7,12H,2-5H2,1H3,(H,10,15)(H,13,14). The van der Waals surface area contributed by atoms with E-state index in [9.17, 15) is 9.59 Å². The maximum atomic E-state index is 11.6. The van der Waals surface area contributed by atoms with E-state index in [1.165, 1.54) is 4.90 Å². The highest BCUT2D eigenvalue weighted by Gasteiger charge is 2.27. The third kappa shape index (κ3) is 3.07. The summed E-state index contributed by atoms with van der Waals surface area (Å²) >= 11 is 0. The number of ether oxygens (including phenoxy) is 1. The second-order valence-electron chi connectivity index (χ2n) is 3.65. The first-order valence-electron chi connectivity index (χ1n) is 5.01. The van der Waals surface area contributed by atoms with Gasteiger partial charge < -0.3 is 25.2 Å². The van der Waals surface area contributed by atoms with Gasteiger partial charge >= 0.3 is 12.0 Å². The number of carbonyl (C=O) groups is 2. The van der Waals surface area contributed by atoms with Crippen LogP contribution in [-0.4, -0.2) is 66.1 Å². The number of carboxylic acid groups (broad SMARTS) is 1. The zero-order chi connectivity index (χ0) is 12.1. The lowest BCUT2D eigenvalue weighted by Gasteiger charge is -2.25. The van der Waals surface area contributed by atoms with Crippen LogP contribution in [0.2, 0.25) is 0 Å². The van der Waals surface area contributed by atoms with Gasteiger partial charge in [0.25, 0.3) is 0 Å². The molecule has 1 aliphatic rings. The number of likely N-dealkylation sites (N-methyl/N-ethyl adjacent to an activating group) is 1. The van der Waals surface area contributed by atoms with E-state index in [0.717, 1.165) is 6.42 Å². The van der Waals surface area contributed by atoms with Crippen molar-refractivity contribution in [1.29, 1.82) is 0 Å². The molecular formula is C9H16N2O5. The Morgan fingerprint density at radius 3 is 2.75 bits per heavy atom. The van der Waals surface area contributed by atoms with Crippen LogP contribution in [0, 0.1) is 0 Å². The number of urea groups is 1. The quantitative estimate of drug-likeness (QED) is 0.569. The van der Waals surface area contributed by atoms with Gasteiger partial charge in [0, 0.05) is 13.7 Å². The number of amides is 2. The second-order valence-corrected chi connectivity index (χ2v) is 3.65. The Bertz CT molecular complexity index is 265. The Kier molecular flexibility index (Phi) is 4.51. The van der Waals surface area contributed by atoms with Gasteiger partial charge in [0.2, 0.25) is 0 Å². The summed E-state index contributed by atoms with van der Waals surface area (Å²) in [6, 6.07) is -1.82. The van der Waals surface area contributed by atoms with Crippen LogP contribution in [0.15, 0.2) is 0 Å². The second kappa shape index (κ2) is 5.66. The van der Waals surface area contributed by atoms with Crippen LogP contribution in [-0.2, 0) is 9.53 Å². The Morgan fingerprint density at radius 2 is 2.31 bits per heavy atom. The highest BCUT2D eigenvalue weighted by atomic mass is 16.5. The first-order valence-corrected chi connectivity index (χ1v) is 5.01. The lowest BCUT2D eigenvalue weighted by atomic mass is 10.2. The molecule has 0 spiro atoms. The molecule has 0 saturated carbocycles. The number of aliphatic carboxylic acids is 1. The molecule has 0 aromatic heterocycles. The fourth-order valence-electron chi connectivity index (χ4n) is 1.43. The molecule has 0 aliphatic carbocycles. The normalized spacial score (nSPS) is 21.5. The SMILES string of the molecule is CN(C(=O)NC(CO)C(=O)O)C1CCOC1. The van der Waals surface area contributed by atoms with Gasteiger partial charge in [-0.25, -0.2) is 9.59 Å². The number of carbonyl (C=O) groups excluding carboxylic acids is 1. The highest BCUT2D eigenvalue weighted by Crippen LogP contribution is 2.10. The van der Waals surface area contributed by atoms with Gasteiger partial charge in [-0.3, -0.25) is 0 Å². The third-order valence-electron chi connectivity index (χ3n) is 2.55. The third-order valence-corrected chi connectivity index (χ3v) is 2.55. The zero-order valence-electron chi connectivity index (χ0n) is 9.05. The van der Waals surface area contributed by atoms with Crippen LogP contribution in [0.25, 0.3) is 0 Å². The largest absolute Gasteiger partial charge is 0.480 e. The van der Waals surface area contributed by atoms with Gasteiger partial charge in [-0.15, -0.1) is 0 Å². The van der Waals surface area contributed by atoms with E-state index in [1.54, 1.807) is 7.05 Å². The Labute approximate surface area is 93.0 Å². The van der Waals surface area contributed by atoms with Crippen LogP contribution in [0.1, 0.15) is 6.42 Å². The van der Waals surface area contributed by atoms with E-state index in [2.05, 4.69) is 5.32 Å². The molecule has 3 N–H and O–H groups in total. The number of hydrogen-bond donors (Lipinski definition) is 3. The maximum absolute atomic E-state index is 11.6. The van der Waals surface area contributed by atoms with Crippen molar-refractivity contribution < 1.29 is 24.5 Å². The first-order chi connectivity index (χ1) is 7.56. The van der Waals surface area contributed by atoms with Crippen LogP contribution < -0.4 is 5.32 Å². The predicted molar refractivity (Wildman–Crippen MR) is 54.0 cm³/mol. The number of carboxylic acids is 1. The molecule has 2 atom stereocenters. The average molecular weight is 232 g/mol. The van der Waals surface area contributed by atoms with Crippen molar-refractivity contribution in [3.63, 3.8) is 0 Å². The van der Waals surface area contributed by atoms with Crippen molar-refractivity contribution in [3.05, 3.63) is 0 Å². The minimum Gasteiger partial charge on any atom is -0.480 e. The molecule has 1 heterocycles. The van der Waals surface area contributed by atoms with Crippen LogP contribution in [0.3, 0.4) is 0 Å². The molecule has 0 radical (unpaired) electrons. The lowest BCUT2D eigenvalue weighted by molar-refractivity contribution is -0.140. The number of aliphatic hydroxyl groups excluding tert-OH is 1. The summed E-state index contributed by atoms with van der Waals surface area (Å²) in [6.45, 7) is 0.432. The van der Waals surface area contributed by atoms with Crippen molar-refractivity contribution in [3.8, 4) is 0 Å². The van der Waals surface area contributed by atoms with Crippen molar-refractivity contribution in [1.82, 2.24) is 10.2 Å². The molecular weight excluding hydrogens is 216 g/mol. The average Bonchev–Trinajstić information content (AvgIpc) is 2.77. The summed E-state index contributed by atoms with van der Waals surface area (Å²) in [5.41, 5.74) is 0. The molecule has 0 aromatic carbocycles. The Morgan fingerprint density at radius 1 is 1.62 bits per heavy atom. The fraction of sp³-hybridized carbons (Fsp3) is 0.778.